The number of aromatic nitrogens is 1. The first kappa shape index (κ1) is 24.0. The minimum atomic E-state index is -1.12. The highest BCUT2D eigenvalue weighted by atomic mass is 16.8. The Bertz CT molecular complexity index is 839. The van der Waals surface area contributed by atoms with Crippen molar-refractivity contribution in [2.24, 2.45) is 5.41 Å². The van der Waals surface area contributed by atoms with Crippen LogP contribution in [0.5, 0.6) is 17.5 Å². The molecule has 0 bridgehead atoms. The Morgan fingerprint density at radius 1 is 0.968 bits per heavy atom. The number of hydrogen-bond acceptors (Lipinski definition) is 9. The molecule has 10 heteroatoms. The van der Waals surface area contributed by atoms with Gasteiger partial charge in [0.25, 0.3) is 0 Å². The zero-order valence-corrected chi connectivity index (χ0v) is 17.7. The van der Waals surface area contributed by atoms with Crippen molar-refractivity contribution in [3.63, 3.8) is 0 Å². The van der Waals surface area contributed by atoms with Gasteiger partial charge in [-0.2, -0.15) is 0 Å². The van der Waals surface area contributed by atoms with E-state index in [-0.39, 0.29) is 12.6 Å². The summed E-state index contributed by atoms with van der Waals surface area (Å²) in [4.78, 5) is 28.8. The molecule has 0 saturated heterocycles. The van der Waals surface area contributed by atoms with Gasteiger partial charge in [-0.3, -0.25) is 9.63 Å². The number of methoxy groups -OCH3 is 1. The van der Waals surface area contributed by atoms with Gasteiger partial charge in [0, 0.05) is 25.8 Å². The number of carbonyl (C=O) groups is 2. The molecular weight excluding hydrogens is 410 g/mol. The fourth-order valence-electron chi connectivity index (χ4n) is 2.31. The molecular formula is C21H27NO9. The monoisotopic (exact) mass is 437 g/mol. The lowest BCUT2D eigenvalue weighted by Gasteiger charge is -2.22. The minimum Gasteiger partial charge on any atom is -0.492 e. The van der Waals surface area contributed by atoms with E-state index in [1.165, 1.54) is 0 Å². The molecule has 1 aromatic carbocycles. The lowest BCUT2D eigenvalue weighted by atomic mass is 9.90. The molecule has 0 saturated carbocycles. The Balaban J connectivity index is 1.79. The Morgan fingerprint density at radius 2 is 1.61 bits per heavy atom. The highest BCUT2D eigenvalue weighted by molar-refractivity contribution is 5.78. The first-order valence-corrected chi connectivity index (χ1v) is 9.55. The summed E-state index contributed by atoms with van der Waals surface area (Å²) in [7, 11) is 1.59. The number of ether oxygens (including phenoxy) is 4. The number of aromatic hydroxyl groups is 2. The van der Waals surface area contributed by atoms with Gasteiger partial charge in [0.2, 0.25) is 11.8 Å². The molecule has 0 aliphatic carbocycles. The normalized spacial score (nSPS) is 11.2. The summed E-state index contributed by atoms with van der Waals surface area (Å²) in [6.07, 6.45) is -0.623. The molecule has 170 valence electrons. The fourth-order valence-corrected chi connectivity index (χ4v) is 2.31. The summed E-state index contributed by atoms with van der Waals surface area (Å²) in [5, 5.41) is 18.8. The predicted molar refractivity (Wildman–Crippen MR) is 108 cm³/mol. The van der Waals surface area contributed by atoms with E-state index >= 15 is 0 Å². The van der Waals surface area contributed by atoms with Gasteiger partial charge in [-0.15, -0.1) is 4.73 Å². The fraction of sp³-hybridized carbons (Fsp3) is 0.429. The molecule has 0 radical (unpaired) electrons. The zero-order chi connectivity index (χ0) is 22.9. The SMILES string of the molecule is COCCOCCC(C)(C)C(=O)Oc1ccc(COC(=O)On2c(O)ccc2O)cc1. The minimum absolute atomic E-state index is 0.125. The Morgan fingerprint density at radius 3 is 2.23 bits per heavy atom. The van der Waals surface area contributed by atoms with Crippen LogP contribution in [-0.4, -0.2) is 54.0 Å². The van der Waals surface area contributed by atoms with Crippen LogP contribution in [-0.2, 0) is 25.6 Å². The lowest BCUT2D eigenvalue weighted by Crippen LogP contribution is -2.30. The Kier molecular flexibility index (Phi) is 8.71. The average molecular weight is 437 g/mol. The van der Waals surface area contributed by atoms with E-state index in [9.17, 15) is 19.8 Å². The van der Waals surface area contributed by atoms with Gasteiger partial charge in [-0.1, -0.05) is 12.1 Å². The van der Waals surface area contributed by atoms with Crippen molar-refractivity contribution in [1.82, 2.24) is 4.73 Å². The molecule has 0 aliphatic rings. The molecule has 0 fully saturated rings. The van der Waals surface area contributed by atoms with Crippen molar-refractivity contribution < 1.29 is 43.6 Å². The molecule has 0 aliphatic heterocycles. The first-order chi connectivity index (χ1) is 14.7. The van der Waals surface area contributed by atoms with E-state index in [2.05, 4.69) is 4.84 Å². The molecule has 31 heavy (non-hydrogen) atoms. The third-order valence-corrected chi connectivity index (χ3v) is 4.31. The maximum absolute atomic E-state index is 12.4. The molecule has 0 atom stereocenters. The topological polar surface area (TPSA) is 126 Å². The van der Waals surface area contributed by atoms with Crippen molar-refractivity contribution in [2.75, 3.05) is 26.9 Å². The van der Waals surface area contributed by atoms with E-state index < -0.39 is 23.3 Å². The van der Waals surface area contributed by atoms with Crippen LogP contribution in [0, 0.1) is 5.41 Å². The summed E-state index contributed by atoms with van der Waals surface area (Å²) >= 11 is 0. The number of benzene rings is 1. The lowest BCUT2D eigenvalue weighted by molar-refractivity contribution is -0.145. The molecule has 0 spiro atoms. The Hall–Kier alpha value is -3.24. The van der Waals surface area contributed by atoms with E-state index in [1.54, 1.807) is 45.2 Å². The third-order valence-electron chi connectivity index (χ3n) is 4.31. The van der Waals surface area contributed by atoms with Crippen molar-refractivity contribution in [3.8, 4) is 17.5 Å². The number of carbonyl (C=O) groups excluding carboxylic acids is 2. The van der Waals surface area contributed by atoms with Crippen LogP contribution in [0.4, 0.5) is 4.79 Å². The quantitative estimate of drug-likeness (QED) is 0.310. The molecule has 0 unspecified atom stereocenters. The summed E-state index contributed by atoms with van der Waals surface area (Å²) < 4.78 is 21.2. The Labute approximate surface area is 179 Å². The van der Waals surface area contributed by atoms with E-state index in [0.29, 0.717) is 42.3 Å². The van der Waals surface area contributed by atoms with Gasteiger partial charge in [0.05, 0.1) is 18.6 Å². The van der Waals surface area contributed by atoms with Gasteiger partial charge < -0.3 is 29.2 Å². The van der Waals surface area contributed by atoms with Crippen molar-refractivity contribution >= 4 is 12.1 Å². The van der Waals surface area contributed by atoms with E-state index in [0.717, 1.165) is 12.1 Å². The third kappa shape index (κ3) is 7.50. The maximum atomic E-state index is 12.4. The number of rotatable bonds is 11. The smallest absolute Gasteiger partial charge is 0.492 e. The van der Waals surface area contributed by atoms with Crippen molar-refractivity contribution in [3.05, 3.63) is 42.0 Å². The molecule has 1 heterocycles. The van der Waals surface area contributed by atoms with Crippen LogP contribution in [0.2, 0.25) is 0 Å². The van der Waals surface area contributed by atoms with Gasteiger partial charge >= 0.3 is 12.1 Å². The van der Waals surface area contributed by atoms with Crippen LogP contribution in [0.1, 0.15) is 25.8 Å². The summed E-state index contributed by atoms with van der Waals surface area (Å²) in [6, 6.07) is 8.72. The molecule has 2 aromatic rings. The van der Waals surface area contributed by atoms with Crippen LogP contribution >= 0.6 is 0 Å². The van der Waals surface area contributed by atoms with Gasteiger partial charge in [0.1, 0.15) is 12.4 Å². The first-order valence-electron chi connectivity index (χ1n) is 9.55. The van der Waals surface area contributed by atoms with Gasteiger partial charge in [-0.05, 0) is 38.0 Å². The predicted octanol–water partition coefficient (Wildman–Crippen LogP) is 2.65. The van der Waals surface area contributed by atoms with Crippen LogP contribution in [0.15, 0.2) is 36.4 Å². The van der Waals surface area contributed by atoms with Crippen LogP contribution in [0.25, 0.3) is 0 Å². The molecule has 2 rings (SSSR count). The van der Waals surface area contributed by atoms with Crippen LogP contribution in [0.3, 0.4) is 0 Å². The van der Waals surface area contributed by atoms with Gasteiger partial charge in [0.15, 0.2) is 0 Å². The van der Waals surface area contributed by atoms with E-state index in [1.807, 2.05) is 0 Å². The zero-order valence-electron chi connectivity index (χ0n) is 17.7. The maximum Gasteiger partial charge on any atom is 0.534 e. The largest absolute Gasteiger partial charge is 0.534 e. The summed E-state index contributed by atoms with van der Waals surface area (Å²) in [6.45, 7) is 4.81. The molecule has 2 N–H and O–H groups in total. The second-order valence-electron chi connectivity index (χ2n) is 7.25. The number of esters is 1. The number of nitrogens with zero attached hydrogens (tertiary/aromatic N) is 1. The van der Waals surface area contributed by atoms with Crippen molar-refractivity contribution in [2.45, 2.75) is 26.9 Å². The van der Waals surface area contributed by atoms with Gasteiger partial charge in [-0.25, -0.2) is 4.79 Å². The summed E-state index contributed by atoms with van der Waals surface area (Å²) in [5.41, 5.74) is -0.114. The summed E-state index contributed by atoms with van der Waals surface area (Å²) in [5.74, 6) is -0.941. The second-order valence-corrected chi connectivity index (χ2v) is 7.25. The highest BCUT2D eigenvalue weighted by Gasteiger charge is 2.29. The highest BCUT2D eigenvalue weighted by Crippen LogP contribution is 2.24. The van der Waals surface area contributed by atoms with E-state index in [4.69, 9.17) is 18.9 Å². The molecule has 10 nitrogen and oxygen atoms in total. The molecule has 0 amide bonds. The van der Waals surface area contributed by atoms with Crippen molar-refractivity contribution in [1.29, 1.82) is 0 Å². The molecule has 1 aromatic heterocycles. The average Bonchev–Trinajstić information content (AvgIpc) is 3.05. The number of hydrogen-bond donors (Lipinski definition) is 2. The second kappa shape index (κ2) is 11.2. The van der Waals surface area contributed by atoms with Crippen LogP contribution < -0.4 is 9.57 Å². The standard InChI is InChI=1S/C21H27NO9/c1-21(2,10-11-28-13-12-27-3)19(25)30-16-6-4-15(5-7-16)14-29-20(26)31-22-17(23)8-9-18(22)24/h4-9,23-24H,10-14H2,1-3H3.